The highest BCUT2D eigenvalue weighted by molar-refractivity contribution is 7.92. The van der Waals surface area contributed by atoms with Crippen molar-refractivity contribution in [3.63, 3.8) is 0 Å². The fourth-order valence-corrected chi connectivity index (χ4v) is 4.15. The highest BCUT2D eigenvalue weighted by atomic mass is 35.5. The molecule has 31 heavy (non-hydrogen) atoms. The van der Waals surface area contributed by atoms with Crippen LogP contribution in [0.2, 0.25) is 5.02 Å². The van der Waals surface area contributed by atoms with Gasteiger partial charge in [0.05, 0.1) is 27.3 Å². The number of carbonyl (C=O) groups is 1. The second-order valence-corrected chi connectivity index (χ2v) is 9.20. The lowest BCUT2D eigenvalue weighted by Crippen LogP contribution is -2.23. The van der Waals surface area contributed by atoms with Gasteiger partial charge in [-0.05, 0) is 61.9 Å². The normalized spacial score (nSPS) is 11.2. The van der Waals surface area contributed by atoms with Gasteiger partial charge in [-0.2, -0.15) is 0 Å². The summed E-state index contributed by atoms with van der Waals surface area (Å²) in [5.41, 5.74) is 1.43. The molecule has 0 saturated heterocycles. The van der Waals surface area contributed by atoms with Gasteiger partial charge >= 0.3 is 0 Å². The first-order valence-electron chi connectivity index (χ1n) is 9.66. The number of sulfonamides is 1. The molecular formula is C23H23ClN2O4S. The summed E-state index contributed by atoms with van der Waals surface area (Å²) in [7, 11) is -3.74. The predicted octanol–water partition coefficient (Wildman–Crippen LogP) is 4.86. The molecule has 6 nitrogen and oxygen atoms in total. The molecule has 0 saturated carbocycles. The molecule has 3 aromatic carbocycles. The number of carbonyl (C=O) groups excluding carboxylic acids is 1. The number of hydrogen-bond acceptors (Lipinski definition) is 4. The van der Waals surface area contributed by atoms with E-state index in [-0.39, 0.29) is 33.2 Å². The highest BCUT2D eigenvalue weighted by Gasteiger charge is 2.16. The van der Waals surface area contributed by atoms with Crippen LogP contribution in [-0.2, 0) is 16.6 Å². The van der Waals surface area contributed by atoms with E-state index in [2.05, 4.69) is 10.0 Å². The average molecular weight is 459 g/mol. The van der Waals surface area contributed by atoms with Crippen LogP contribution in [0.5, 0.6) is 5.75 Å². The summed E-state index contributed by atoms with van der Waals surface area (Å²) in [5, 5.41) is 2.95. The Kier molecular flexibility index (Phi) is 7.20. The molecule has 0 aromatic heterocycles. The molecule has 0 fully saturated rings. The number of rotatable bonds is 8. The van der Waals surface area contributed by atoms with E-state index in [9.17, 15) is 13.2 Å². The van der Waals surface area contributed by atoms with E-state index in [0.29, 0.717) is 6.54 Å². The van der Waals surface area contributed by atoms with Crippen molar-refractivity contribution in [2.75, 3.05) is 4.72 Å². The average Bonchev–Trinajstić information content (AvgIpc) is 2.73. The first-order chi connectivity index (χ1) is 14.7. The summed E-state index contributed by atoms with van der Waals surface area (Å²) in [5.74, 6) is 0.409. The lowest BCUT2D eigenvalue weighted by molar-refractivity contribution is 0.0951. The van der Waals surface area contributed by atoms with Gasteiger partial charge in [0.2, 0.25) is 0 Å². The largest absolute Gasteiger partial charge is 0.491 e. The van der Waals surface area contributed by atoms with E-state index >= 15 is 0 Å². The van der Waals surface area contributed by atoms with E-state index in [1.54, 1.807) is 18.2 Å². The first kappa shape index (κ1) is 22.7. The van der Waals surface area contributed by atoms with Gasteiger partial charge in [0.15, 0.2) is 0 Å². The van der Waals surface area contributed by atoms with Gasteiger partial charge in [0.1, 0.15) is 5.75 Å². The van der Waals surface area contributed by atoms with Gasteiger partial charge < -0.3 is 10.1 Å². The minimum atomic E-state index is -3.74. The van der Waals surface area contributed by atoms with Crippen molar-refractivity contribution in [2.45, 2.75) is 31.4 Å². The number of halogens is 1. The third kappa shape index (κ3) is 6.23. The third-order valence-corrected chi connectivity index (χ3v) is 5.98. The number of amides is 1. The monoisotopic (exact) mass is 458 g/mol. The SMILES string of the molecule is CC(C)Oc1ccc(CNC(=O)c2ccc(NS(=O)(=O)c3ccccc3)cc2Cl)cc1. The van der Waals surface area contributed by atoms with Crippen LogP contribution in [0.4, 0.5) is 5.69 Å². The first-order valence-corrected chi connectivity index (χ1v) is 11.5. The lowest BCUT2D eigenvalue weighted by atomic mass is 10.1. The maximum atomic E-state index is 12.5. The molecular weight excluding hydrogens is 436 g/mol. The second-order valence-electron chi connectivity index (χ2n) is 7.11. The van der Waals surface area contributed by atoms with Gasteiger partial charge in [-0.15, -0.1) is 0 Å². The zero-order valence-corrected chi connectivity index (χ0v) is 18.7. The van der Waals surface area contributed by atoms with Crippen LogP contribution in [0.15, 0.2) is 77.7 Å². The molecule has 0 heterocycles. The molecule has 0 bridgehead atoms. The van der Waals surface area contributed by atoms with Gasteiger partial charge in [0.25, 0.3) is 15.9 Å². The van der Waals surface area contributed by atoms with Crippen molar-refractivity contribution in [3.05, 3.63) is 88.9 Å². The van der Waals surface area contributed by atoms with E-state index in [0.717, 1.165) is 11.3 Å². The van der Waals surface area contributed by atoms with Crippen molar-refractivity contribution < 1.29 is 17.9 Å². The molecule has 2 N–H and O–H groups in total. The third-order valence-electron chi connectivity index (χ3n) is 4.27. The van der Waals surface area contributed by atoms with Crippen molar-refractivity contribution >= 4 is 33.2 Å². The molecule has 1 amide bonds. The topological polar surface area (TPSA) is 84.5 Å². The zero-order chi connectivity index (χ0) is 22.4. The highest BCUT2D eigenvalue weighted by Crippen LogP contribution is 2.23. The Bertz CT molecular complexity index is 1150. The van der Waals surface area contributed by atoms with Crippen LogP contribution in [0, 0.1) is 0 Å². The minimum Gasteiger partial charge on any atom is -0.491 e. The van der Waals surface area contributed by atoms with Gasteiger partial charge in [0, 0.05) is 6.54 Å². The summed E-state index contributed by atoms with van der Waals surface area (Å²) in [6.07, 6.45) is 0.0906. The van der Waals surface area contributed by atoms with Crippen LogP contribution in [0.25, 0.3) is 0 Å². The Labute approximate surface area is 187 Å². The fraction of sp³-hybridized carbons (Fsp3) is 0.174. The van der Waals surface area contributed by atoms with Crippen LogP contribution in [0.3, 0.4) is 0 Å². The molecule has 3 aromatic rings. The summed E-state index contributed by atoms with van der Waals surface area (Å²) in [4.78, 5) is 12.6. The van der Waals surface area contributed by atoms with Crippen molar-refractivity contribution in [1.82, 2.24) is 5.32 Å². The molecule has 0 aliphatic heterocycles. The molecule has 0 aliphatic carbocycles. The van der Waals surface area contributed by atoms with Gasteiger partial charge in [-0.25, -0.2) is 8.42 Å². The van der Waals surface area contributed by atoms with E-state index in [1.807, 2.05) is 38.1 Å². The zero-order valence-electron chi connectivity index (χ0n) is 17.1. The lowest BCUT2D eigenvalue weighted by Gasteiger charge is -2.12. The minimum absolute atomic E-state index is 0.0906. The maximum Gasteiger partial charge on any atom is 0.261 e. The summed E-state index contributed by atoms with van der Waals surface area (Å²) in [6, 6.07) is 19.8. The molecule has 0 aliphatic rings. The van der Waals surface area contributed by atoms with Crippen molar-refractivity contribution in [3.8, 4) is 5.75 Å². The molecule has 0 atom stereocenters. The Morgan fingerprint density at radius 1 is 1.00 bits per heavy atom. The molecule has 0 spiro atoms. The standard InChI is InChI=1S/C23H23ClN2O4S/c1-16(2)30-19-11-8-17(9-12-19)15-25-23(27)21-13-10-18(14-22(21)24)26-31(28,29)20-6-4-3-5-7-20/h3-14,16,26H,15H2,1-2H3,(H,25,27). The number of nitrogens with one attached hydrogen (secondary N) is 2. The van der Waals surface area contributed by atoms with E-state index in [1.165, 1.54) is 30.3 Å². The van der Waals surface area contributed by atoms with E-state index in [4.69, 9.17) is 16.3 Å². The van der Waals surface area contributed by atoms with Gasteiger partial charge in [-0.3, -0.25) is 9.52 Å². The Morgan fingerprint density at radius 3 is 2.29 bits per heavy atom. The Hall–Kier alpha value is -3.03. The van der Waals surface area contributed by atoms with Gasteiger partial charge in [-0.1, -0.05) is 41.9 Å². The molecule has 0 radical (unpaired) electrons. The number of hydrogen-bond donors (Lipinski definition) is 2. The second kappa shape index (κ2) is 9.85. The molecule has 0 unspecified atom stereocenters. The smallest absolute Gasteiger partial charge is 0.261 e. The summed E-state index contributed by atoms with van der Waals surface area (Å²) >= 11 is 6.24. The Morgan fingerprint density at radius 2 is 1.68 bits per heavy atom. The Balaban J connectivity index is 1.63. The molecule has 8 heteroatoms. The molecule has 3 rings (SSSR count). The number of anilines is 1. The fourth-order valence-electron chi connectivity index (χ4n) is 2.81. The van der Waals surface area contributed by atoms with Crippen LogP contribution in [0.1, 0.15) is 29.8 Å². The quantitative estimate of drug-likeness (QED) is 0.505. The summed E-state index contributed by atoms with van der Waals surface area (Å²) in [6.45, 7) is 4.23. The number of ether oxygens (including phenoxy) is 1. The van der Waals surface area contributed by atoms with Crippen molar-refractivity contribution in [2.24, 2.45) is 0 Å². The van der Waals surface area contributed by atoms with Crippen LogP contribution in [-0.4, -0.2) is 20.4 Å². The van der Waals surface area contributed by atoms with Crippen molar-refractivity contribution in [1.29, 1.82) is 0 Å². The summed E-state index contributed by atoms with van der Waals surface area (Å²) < 4.78 is 32.9. The van der Waals surface area contributed by atoms with Crippen LogP contribution >= 0.6 is 11.6 Å². The van der Waals surface area contributed by atoms with E-state index < -0.39 is 10.0 Å². The predicted molar refractivity (Wildman–Crippen MR) is 122 cm³/mol. The number of benzene rings is 3. The molecule has 162 valence electrons. The van der Waals surface area contributed by atoms with Crippen LogP contribution < -0.4 is 14.8 Å². The maximum absolute atomic E-state index is 12.5.